The molecule has 0 atom stereocenters. The lowest BCUT2D eigenvalue weighted by atomic mass is 10.1. The van der Waals surface area contributed by atoms with E-state index in [1.807, 2.05) is 0 Å². The number of anilines is 1. The first-order valence-electron chi connectivity index (χ1n) is 6.81. The standard InChI is InChI=1S/C14H12Cl2N4O3S/c15-10-2-1-9-11(20-5-3-17-8-20)7-12(19-14(9)13(10)16)18-4-6-24(21,22)23/h1-3,5,7-8H,4,6H2,(H,18,19)(H,21,22,23). The minimum absolute atomic E-state index is 0.00110. The summed E-state index contributed by atoms with van der Waals surface area (Å²) in [5, 5.41) is 4.29. The summed E-state index contributed by atoms with van der Waals surface area (Å²) < 4.78 is 32.3. The highest BCUT2D eigenvalue weighted by molar-refractivity contribution is 7.85. The number of fused-ring (bicyclic) bond motifs is 1. The minimum atomic E-state index is -4.06. The summed E-state index contributed by atoms with van der Waals surface area (Å²) in [6, 6.07) is 5.21. The quantitative estimate of drug-likeness (QED) is 0.654. The zero-order valence-corrected chi connectivity index (χ0v) is 14.5. The summed E-state index contributed by atoms with van der Waals surface area (Å²) in [6.45, 7) is -0.00110. The third kappa shape index (κ3) is 3.62. The van der Waals surface area contributed by atoms with Gasteiger partial charge in [0.2, 0.25) is 0 Å². The first-order valence-corrected chi connectivity index (χ1v) is 9.18. The van der Waals surface area contributed by atoms with Crippen molar-refractivity contribution >= 4 is 50.0 Å². The average Bonchev–Trinajstić information content (AvgIpc) is 3.03. The molecule has 0 unspecified atom stereocenters. The van der Waals surface area contributed by atoms with Crippen LogP contribution in [0.3, 0.4) is 0 Å². The second-order valence-electron chi connectivity index (χ2n) is 4.97. The second kappa shape index (κ2) is 6.56. The Morgan fingerprint density at radius 1 is 1.29 bits per heavy atom. The lowest BCUT2D eigenvalue weighted by Gasteiger charge is -2.13. The van der Waals surface area contributed by atoms with Gasteiger partial charge in [0.05, 0.1) is 33.3 Å². The van der Waals surface area contributed by atoms with E-state index in [4.69, 9.17) is 27.8 Å². The van der Waals surface area contributed by atoms with E-state index in [9.17, 15) is 8.42 Å². The van der Waals surface area contributed by atoms with Crippen LogP contribution in [-0.4, -0.2) is 39.8 Å². The molecule has 2 N–H and O–H groups in total. The van der Waals surface area contributed by atoms with Gasteiger partial charge in [-0.05, 0) is 12.1 Å². The number of nitrogens with zero attached hydrogens (tertiary/aromatic N) is 3. The van der Waals surface area contributed by atoms with Gasteiger partial charge in [-0.25, -0.2) is 9.97 Å². The molecule has 0 amide bonds. The number of halogens is 2. The molecule has 0 radical (unpaired) electrons. The van der Waals surface area contributed by atoms with E-state index in [0.717, 1.165) is 11.1 Å². The average molecular weight is 387 g/mol. The maximum Gasteiger partial charge on any atom is 0.266 e. The Balaban J connectivity index is 2.09. The van der Waals surface area contributed by atoms with Crippen LogP contribution in [-0.2, 0) is 10.1 Å². The molecule has 0 fully saturated rings. The molecule has 3 rings (SSSR count). The maximum atomic E-state index is 10.8. The van der Waals surface area contributed by atoms with Crippen molar-refractivity contribution in [1.82, 2.24) is 14.5 Å². The molecule has 0 aliphatic rings. The van der Waals surface area contributed by atoms with Gasteiger partial charge in [-0.1, -0.05) is 23.2 Å². The summed E-state index contributed by atoms with van der Waals surface area (Å²) in [5.74, 6) is -0.0323. The predicted molar refractivity (Wildman–Crippen MR) is 93.8 cm³/mol. The predicted octanol–water partition coefficient (Wildman–Crippen LogP) is 3.03. The van der Waals surface area contributed by atoms with Gasteiger partial charge < -0.3 is 9.88 Å². The third-order valence-corrected chi connectivity index (χ3v) is 4.81. The van der Waals surface area contributed by atoms with Gasteiger partial charge in [0.1, 0.15) is 5.82 Å². The summed E-state index contributed by atoms with van der Waals surface area (Å²) in [6.07, 6.45) is 5.02. The molecular formula is C14H12Cl2N4O3S. The fourth-order valence-corrected chi connectivity index (χ4v) is 2.95. The number of imidazole rings is 1. The highest BCUT2D eigenvalue weighted by Crippen LogP contribution is 2.33. The van der Waals surface area contributed by atoms with Crippen molar-refractivity contribution in [3.05, 3.63) is 47.0 Å². The monoisotopic (exact) mass is 386 g/mol. The van der Waals surface area contributed by atoms with Gasteiger partial charge in [-0.2, -0.15) is 8.42 Å². The Hall–Kier alpha value is -1.87. The van der Waals surface area contributed by atoms with Crippen LogP contribution in [0.15, 0.2) is 36.9 Å². The molecule has 0 saturated carbocycles. The van der Waals surface area contributed by atoms with Gasteiger partial charge >= 0.3 is 0 Å². The van der Waals surface area contributed by atoms with Gasteiger partial charge in [-0.15, -0.1) is 0 Å². The SMILES string of the molecule is O=S(=O)(O)CCNc1cc(-n2ccnc2)c2ccc(Cl)c(Cl)c2n1. The third-order valence-electron chi connectivity index (χ3n) is 3.30. The highest BCUT2D eigenvalue weighted by atomic mass is 35.5. The molecular weight excluding hydrogens is 375 g/mol. The number of rotatable bonds is 5. The molecule has 126 valence electrons. The van der Waals surface area contributed by atoms with Crippen molar-refractivity contribution in [2.24, 2.45) is 0 Å². The number of pyridine rings is 1. The largest absolute Gasteiger partial charge is 0.369 e. The van der Waals surface area contributed by atoms with Crippen molar-refractivity contribution in [3.63, 3.8) is 0 Å². The normalized spacial score (nSPS) is 11.8. The zero-order chi connectivity index (χ0) is 17.3. The molecule has 10 heteroatoms. The van der Waals surface area contributed by atoms with Gasteiger partial charge in [0.25, 0.3) is 10.1 Å². The van der Waals surface area contributed by atoms with Crippen LogP contribution in [0.2, 0.25) is 10.0 Å². The fourth-order valence-electron chi connectivity index (χ4n) is 2.23. The van der Waals surface area contributed by atoms with Crippen molar-refractivity contribution in [2.45, 2.75) is 0 Å². The summed E-state index contributed by atoms with van der Waals surface area (Å²) in [5.41, 5.74) is 1.23. The van der Waals surface area contributed by atoms with Crippen LogP contribution in [0.25, 0.3) is 16.6 Å². The van der Waals surface area contributed by atoms with E-state index < -0.39 is 15.9 Å². The number of hydrogen-bond donors (Lipinski definition) is 2. The number of nitrogens with one attached hydrogen (secondary N) is 1. The number of benzene rings is 1. The van der Waals surface area contributed by atoms with Crippen LogP contribution in [0, 0.1) is 0 Å². The fraction of sp³-hybridized carbons (Fsp3) is 0.143. The Labute approximate surface area is 148 Å². The van der Waals surface area contributed by atoms with Crippen molar-refractivity contribution in [2.75, 3.05) is 17.6 Å². The lowest BCUT2D eigenvalue weighted by Crippen LogP contribution is -2.15. The van der Waals surface area contributed by atoms with Gasteiger partial charge in [0, 0.05) is 30.4 Å². The molecule has 0 aliphatic carbocycles. The Morgan fingerprint density at radius 2 is 2.08 bits per heavy atom. The van der Waals surface area contributed by atoms with E-state index in [2.05, 4.69) is 15.3 Å². The molecule has 24 heavy (non-hydrogen) atoms. The van der Waals surface area contributed by atoms with E-state index in [1.165, 1.54) is 0 Å². The second-order valence-corrected chi connectivity index (χ2v) is 7.32. The van der Waals surface area contributed by atoms with Crippen molar-refractivity contribution in [1.29, 1.82) is 0 Å². The zero-order valence-electron chi connectivity index (χ0n) is 12.1. The molecule has 1 aromatic carbocycles. The number of aromatic nitrogens is 3. The van der Waals surface area contributed by atoms with Crippen LogP contribution >= 0.6 is 23.2 Å². The summed E-state index contributed by atoms with van der Waals surface area (Å²) >= 11 is 12.3. The lowest BCUT2D eigenvalue weighted by molar-refractivity contribution is 0.484. The van der Waals surface area contributed by atoms with E-state index in [-0.39, 0.29) is 6.54 Å². The molecule has 7 nitrogen and oxygen atoms in total. The van der Waals surface area contributed by atoms with Crippen molar-refractivity contribution < 1.29 is 13.0 Å². The van der Waals surface area contributed by atoms with Crippen LogP contribution in [0.5, 0.6) is 0 Å². The Bertz CT molecular complexity index is 991. The van der Waals surface area contributed by atoms with Crippen LogP contribution in [0.1, 0.15) is 0 Å². The first-order chi connectivity index (χ1) is 11.3. The topological polar surface area (TPSA) is 97.1 Å². The van der Waals surface area contributed by atoms with Crippen molar-refractivity contribution in [3.8, 4) is 5.69 Å². The molecule has 2 heterocycles. The first kappa shape index (κ1) is 17.0. The maximum absolute atomic E-state index is 10.8. The van der Waals surface area contributed by atoms with Crippen LogP contribution in [0.4, 0.5) is 5.82 Å². The smallest absolute Gasteiger partial charge is 0.266 e. The van der Waals surface area contributed by atoms with Crippen LogP contribution < -0.4 is 5.32 Å². The molecule has 0 saturated heterocycles. The summed E-state index contributed by atoms with van der Waals surface area (Å²) in [7, 11) is -4.06. The number of hydrogen-bond acceptors (Lipinski definition) is 5. The van der Waals surface area contributed by atoms with E-state index in [1.54, 1.807) is 41.5 Å². The van der Waals surface area contributed by atoms with E-state index in [0.29, 0.717) is 21.4 Å². The molecule has 3 aromatic rings. The Morgan fingerprint density at radius 3 is 2.75 bits per heavy atom. The van der Waals surface area contributed by atoms with Gasteiger partial charge in [0.15, 0.2) is 0 Å². The van der Waals surface area contributed by atoms with Gasteiger partial charge in [-0.3, -0.25) is 4.55 Å². The van der Waals surface area contributed by atoms with E-state index >= 15 is 0 Å². The minimum Gasteiger partial charge on any atom is -0.369 e. The molecule has 0 spiro atoms. The summed E-state index contributed by atoms with van der Waals surface area (Å²) in [4.78, 5) is 8.41. The molecule has 0 bridgehead atoms. The molecule has 2 aromatic heterocycles. The highest BCUT2D eigenvalue weighted by Gasteiger charge is 2.13. The Kier molecular flexibility index (Phi) is 4.64. The molecule has 0 aliphatic heterocycles.